The Morgan fingerprint density at radius 1 is 1.38 bits per heavy atom. The number of aliphatic hydroxyl groups excluding tert-OH is 1. The van der Waals surface area contributed by atoms with Crippen LogP contribution in [0.1, 0.15) is 18.4 Å². The van der Waals surface area contributed by atoms with Crippen LogP contribution in [0.3, 0.4) is 0 Å². The molecule has 88 valence electrons. The second kappa shape index (κ2) is 5.32. The van der Waals surface area contributed by atoms with Gasteiger partial charge in [-0.2, -0.15) is 0 Å². The molecule has 3 nitrogen and oxygen atoms in total. The van der Waals surface area contributed by atoms with Crippen molar-refractivity contribution in [1.29, 1.82) is 0 Å². The Bertz CT molecular complexity index is 319. The van der Waals surface area contributed by atoms with Crippen LogP contribution in [-0.4, -0.2) is 30.4 Å². The van der Waals surface area contributed by atoms with Gasteiger partial charge in [0.15, 0.2) is 0 Å². The molecule has 16 heavy (non-hydrogen) atoms. The van der Waals surface area contributed by atoms with E-state index in [-0.39, 0.29) is 0 Å². The molecule has 0 heterocycles. The largest absolute Gasteiger partial charge is 0.491 e. The minimum Gasteiger partial charge on any atom is -0.491 e. The third-order valence-corrected chi connectivity index (χ3v) is 2.68. The Morgan fingerprint density at radius 3 is 2.69 bits per heavy atom. The highest BCUT2D eigenvalue weighted by molar-refractivity contribution is 5.26. The smallest absolute Gasteiger partial charge is 0.119 e. The molecule has 0 aromatic heterocycles. The van der Waals surface area contributed by atoms with Gasteiger partial charge in [-0.25, -0.2) is 0 Å². The van der Waals surface area contributed by atoms with E-state index in [1.165, 1.54) is 18.4 Å². The molecule has 3 heteroatoms. The Hall–Kier alpha value is -1.06. The highest BCUT2D eigenvalue weighted by Gasteiger charge is 2.21. The van der Waals surface area contributed by atoms with Gasteiger partial charge in [-0.05, 0) is 31.9 Å². The maximum Gasteiger partial charge on any atom is 0.119 e. The fourth-order valence-electron chi connectivity index (χ4n) is 1.48. The summed E-state index contributed by atoms with van der Waals surface area (Å²) in [5.74, 6) is 0.816. The van der Waals surface area contributed by atoms with Crippen molar-refractivity contribution >= 4 is 0 Å². The Balaban J connectivity index is 1.67. The molecule has 2 rings (SSSR count). The van der Waals surface area contributed by atoms with Crippen molar-refractivity contribution < 1.29 is 9.84 Å². The fourth-order valence-corrected chi connectivity index (χ4v) is 1.48. The SMILES string of the molecule is Cc1ccc(OC[C@@H](O)CNC2CC2)cc1. The molecule has 0 aliphatic heterocycles. The molecule has 0 radical (unpaired) electrons. The molecule has 0 saturated heterocycles. The van der Waals surface area contributed by atoms with Gasteiger partial charge in [0, 0.05) is 12.6 Å². The summed E-state index contributed by atoms with van der Waals surface area (Å²) in [5, 5.41) is 12.9. The topological polar surface area (TPSA) is 41.5 Å². The van der Waals surface area contributed by atoms with Crippen LogP contribution >= 0.6 is 0 Å². The van der Waals surface area contributed by atoms with Gasteiger partial charge >= 0.3 is 0 Å². The molecule has 1 saturated carbocycles. The van der Waals surface area contributed by atoms with Gasteiger partial charge in [0.2, 0.25) is 0 Å². The lowest BCUT2D eigenvalue weighted by atomic mass is 10.2. The number of benzene rings is 1. The van der Waals surface area contributed by atoms with Crippen LogP contribution in [0.15, 0.2) is 24.3 Å². The van der Waals surface area contributed by atoms with E-state index in [0.29, 0.717) is 19.2 Å². The van der Waals surface area contributed by atoms with Gasteiger partial charge in [0.05, 0.1) is 0 Å². The number of nitrogens with one attached hydrogen (secondary N) is 1. The van der Waals surface area contributed by atoms with Gasteiger partial charge in [0.1, 0.15) is 18.5 Å². The molecule has 0 spiro atoms. The lowest BCUT2D eigenvalue weighted by molar-refractivity contribution is 0.106. The number of aliphatic hydroxyl groups is 1. The van der Waals surface area contributed by atoms with Crippen molar-refractivity contribution in [2.45, 2.75) is 31.9 Å². The Morgan fingerprint density at radius 2 is 2.06 bits per heavy atom. The summed E-state index contributed by atoms with van der Waals surface area (Å²) in [5.41, 5.74) is 1.21. The Labute approximate surface area is 96.4 Å². The molecule has 1 aliphatic carbocycles. The van der Waals surface area contributed by atoms with Crippen molar-refractivity contribution in [3.05, 3.63) is 29.8 Å². The van der Waals surface area contributed by atoms with Crippen LogP contribution in [0.2, 0.25) is 0 Å². The lowest BCUT2D eigenvalue weighted by Crippen LogP contribution is -2.32. The zero-order chi connectivity index (χ0) is 11.4. The van der Waals surface area contributed by atoms with Crippen LogP contribution < -0.4 is 10.1 Å². The molecule has 1 aromatic carbocycles. The Kier molecular flexibility index (Phi) is 3.80. The summed E-state index contributed by atoms with van der Waals surface area (Å²) >= 11 is 0. The molecular formula is C13H19NO2. The second-order valence-electron chi connectivity index (χ2n) is 4.46. The third-order valence-electron chi connectivity index (χ3n) is 2.68. The van der Waals surface area contributed by atoms with E-state index in [4.69, 9.17) is 4.74 Å². The van der Waals surface area contributed by atoms with E-state index in [2.05, 4.69) is 5.32 Å². The van der Waals surface area contributed by atoms with Crippen LogP contribution in [0, 0.1) is 6.92 Å². The molecule has 0 unspecified atom stereocenters. The molecule has 0 bridgehead atoms. The molecule has 1 aliphatic rings. The molecule has 2 N–H and O–H groups in total. The number of rotatable bonds is 6. The van der Waals surface area contributed by atoms with Crippen molar-refractivity contribution in [2.24, 2.45) is 0 Å². The number of ether oxygens (including phenoxy) is 1. The average Bonchev–Trinajstić information content (AvgIpc) is 3.09. The first-order valence-corrected chi connectivity index (χ1v) is 5.85. The number of aryl methyl sites for hydroxylation is 1. The lowest BCUT2D eigenvalue weighted by Gasteiger charge is -2.13. The summed E-state index contributed by atoms with van der Waals surface area (Å²) in [6, 6.07) is 8.50. The standard InChI is InChI=1S/C13H19NO2/c1-10-2-6-13(7-3-10)16-9-12(15)8-14-11-4-5-11/h2-3,6-7,11-12,14-15H,4-5,8-9H2,1H3/t12-/m0/s1. The van der Waals surface area contributed by atoms with E-state index < -0.39 is 6.10 Å². The van der Waals surface area contributed by atoms with Crippen molar-refractivity contribution in [2.75, 3.05) is 13.2 Å². The van der Waals surface area contributed by atoms with Gasteiger partial charge in [-0.15, -0.1) is 0 Å². The maximum atomic E-state index is 9.65. The summed E-state index contributed by atoms with van der Waals surface area (Å²) in [7, 11) is 0. The van der Waals surface area contributed by atoms with Crippen LogP contribution in [0.4, 0.5) is 0 Å². The summed E-state index contributed by atoms with van der Waals surface area (Å²) in [4.78, 5) is 0. The van der Waals surface area contributed by atoms with Gasteiger partial charge in [-0.1, -0.05) is 17.7 Å². The van der Waals surface area contributed by atoms with Crippen LogP contribution in [-0.2, 0) is 0 Å². The summed E-state index contributed by atoms with van der Waals surface area (Å²) < 4.78 is 5.49. The zero-order valence-electron chi connectivity index (χ0n) is 9.65. The number of hydrogen-bond donors (Lipinski definition) is 2. The minimum atomic E-state index is -0.429. The second-order valence-corrected chi connectivity index (χ2v) is 4.46. The molecule has 1 atom stereocenters. The van der Waals surface area contributed by atoms with E-state index in [9.17, 15) is 5.11 Å². The predicted molar refractivity (Wildman–Crippen MR) is 63.7 cm³/mol. The minimum absolute atomic E-state index is 0.350. The van der Waals surface area contributed by atoms with Gasteiger partial charge in [0.25, 0.3) is 0 Å². The van der Waals surface area contributed by atoms with E-state index in [1.54, 1.807) is 0 Å². The highest BCUT2D eigenvalue weighted by Crippen LogP contribution is 2.18. The predicted octanol–water partition coefficient (Wildman–Crippen LogP) is 1.49. The van der Waals surface area contributed by atoms with E-state index in [0.717, 1.165) is 5.75 Å². The van der Waals surface area contributed by atoms with Gasteiger partial charge in [-0.3, -0.25) is 0 Å². The van der Waals surface area contributed by atoms with Crippen molar-refractivity contribution in [3.63, 3.8) is 0 Å². The first-order chi connectivity index (χ1) is 7.74. The third kappa shape index (κ3) is 3.83. The quantitative estimate of drug-likeness (QED) is 0.764. The van der Waals surface area contributed by atoms with E-state index in [1.807, 2.05) is 31.2 Å². The molecule has 0 amide bonds. The van der Waals surface area contributed by atoms with E-state index >= 15 is 0 Å². The van der Waals surface area contributed by atoms with Gasteiger partial charge < -0.3 is 15.2 Å². The van der Waals surface area contributed by atoms with Crippen LogP contribution in [0.25, 0.3) is 0 Å². The molecule has 1 fully saturated rings. The average molecular weight is 221 g/mol. The zero-order valence-corrected chi connectivity index (χ0v) is 9.65. The van der Waals surface area contributed by atoms with Crippen molar-refractivity contribution in [3.8, 4) is 5.75 Å². The van der Waals surface area contributed by atoms with Crippen molar-refractivity contribution in [1.82, 2.24) is 5.32 Å². The first kappa shape index (κ1) is 11.4. The summed E-state index contributed by atoms with van der Waals surface area (Å²) in [6.07, 6.45) is 2.05. The molecular weight excluding hydrogens is 202 g/mol. The highest BCUT2D eigenvalue weighted by atomic mass is 16.5. The van der Waals surface area contributed by atoms with Crippen LogP contribution in [0.5, 0.6) is 5.75 Å². The monoisotopic (exact) mass is 221 g/mol. The number of hydrogen-bond acceptors (Lipinski definition) is 3. The first-order valence-electron chi connectivity index (χ1n) is 5.85. The summed E-state index contributed by atoms with van der Waals surface area (Å²) in [6.45, 7) is 3.01. The fraction of sp³-hybridized carbons (Fsp3) is 0.538. The normalized spacial score (nSPS) is 17.1. The maximum absolute atomic E-state index is 9.65. The molecule has 1 aromatic rings.